The van der Waals surface area contributed by atoms with Crippen LogP contribution in [0.2, 0.25) is 0 Å². The van der Waals surface area contributed by atoms with Crippen molar-refractivity contribution in [3.63, 3.8) is 0 Å². The minimum absolute atomic E-state index is 0.0292. The second kappa shape index (κ2) is 8.94. The van der Waals surface area contributed by atoms with Crippen molar-refractivity contribution in [1.29, 1.82) is 0 Å². The summed E-state index contributed by atoms with van der Waals surface area (Å²) in [6, 6.07) is 0. The standard InChI is InChI=1S/C27H40O7/c1-14(28)21-9-10-22-20-8-7-18-13-19(32-15(2)29)11-12-26(18,5)23(20)24(33-16(3)30)25(27(21,22)6)34-17(4)31/h18-25H,7-13H2,1-6H3/t18?,19-,20-,21+,22-,23+,24-,25-,26-,27+/m0/s1. The lowest BCUT2D eigenvalue weighted by Gasteiger charge is -2.64. The van der Waals surface area contributed by atoms with Crippen LogP contribution in [0.1, 0.15) is 86.5 Å². The van der Waals surface area contributed by atoms with Crippen molar-refractivity contribution >= 4 is 23.7 Å². The van der Waals surface area contributed by atoms with Crippen LogP contribution >= 0.6 is 0 Å². The zero-order valence-corrected chi connectivity index (χ0v) is 21.4. The predicted octanol–water partition coefficient (Wildman–Crippen LogP) is 4.25. The van der Waals surface area contributed by atoms with Gasteiger partial charge in [0.2, 0.25) is 0 Å². The molecular formula is C27H40O7. The Morgan fingerprint density at radius 2 is 1.41 bits per heavy atom. The van der Waals surface area contributed by atoms with Crippen LogP contribution in [0, 0.1) is 40.4 Å². The molecule has 4 aliphatic rings. The molecule has 0 heterocycles. The van der Waals surface area contributed by atoms with E-state index in [2.05, 4.69) is 13.8 Å². The summed E-state index contributed by atoms with van der Waals surface area (Å²) in [4.78, 5) is 49.0. The van der Waals surface area contributed by atoms with Gasteiger partial charge in [-0.15, -0.1) is 0 Å². The quantitative estimate of drug-likeness (QED) is 0.442. The van der Waals surface area contributed by atoms with Crippen LogP contribution in [-0.4, -0.2) is 42.0 Å². The van der Waals surface area contributed by atoms with E-state index in [-0.39, 0.29) is 52.9 Å². The normalized spacial score (nSPS) is 45.2. The van der Waals surface area contributed by atoms with E-state index < -0.39 is 23.6 Å². The first-order chi connectivity index (χ1) is 15.9. The van der Waals surface area contributed by atoms with Gasteiger partial charge in [-0.05, 0) is 75.0 Å². The van der Waals surface area contributed by atoms with Crippen LogP contribution in [0.15, 0.2) is 0 Å². The van der Waals surface area contributed by atoms with E-state index in [4.69, 9.17) is 14.2 Å². The Morgan fingerprint density at radius 3 is 2.00 bits per heavy atom. The fourth-order valence-corrected chi connectivity index (χ4v) is 8.94. The van der Waals surface area contributed by atoms with E-state index >= 15 is 0 Å². The second-order valence-electron chi connectivity index (χ2n) is 11.8. The zero-order valence-electron chi connectivity index (χ0n) is 21.4. The summed E-state index contributed by atoms with van der Waals surface area (Å²) in [7, 11) is 0. The fourth-order valence-electron chi connectivity index (χ4n) is 8.94. The van der Waals surface area contributed by atoms with Gasteiger partial charge >= 0.3 is 17.9 Å². The average molecular weight is 477 g/mol. The average Bonchev–Trinajstić information content (AvgIpc) is 3.08. The maximum atomic E-state index is 12.8. The number of ketones is 1. The lowest BCUT2D eigenvalue weighted by molar-refractivity contribution is -0.246. The van der Waals surface area contributed by atoms with Crippen molar-refractivity contribution in [1.82, 2.24) is 0 Å². The third-order valence-corrected chi connectivity index (χ3v) is 10.1. The summed E-state index contributed by atoms with van der Waals surface area (Å²) < 4.78 is 17.7. The van der Waals surface area contributed by atoms with Crippen LogP contribution in [-0.2, 0) is 33.4 Å². The van der Waals surface area contributed by atoms with Gasteiger partial charge < -0.3 is 14.2 Å². The van der Waals surface area contributed by atoms with Crippen LogP contribution in [0.25, 0.3) is 0 Å². The van der Waals surface area contributed by atoms with E-state index in [1.54, 1.807) is 6.92 Å². The van der Waals surface area contributed by atoms with E-state index in [9.17, 15) is 19.2 Å². The Balaban J connectivity index is 1.78. The molecule has 0 aromatic carbocycles. The molecule has 0 aromatic rings. The monoisotopic (exact) mass is 476 g/mol. The van der Waals surface area contributed by atoms with Crippen molar-refractivity contribution in [3.8, 4) is 0 Å². The van der Waals surface area contributed by atoms with Gasteiger partial charge in [-0.1, -0.05) is 13.8 Å². The Hall–Kier alpha value is -1.92. The summed E-state index contributed by atoms with van der Waals surface area (Å²) in [5.74, 6) is -0.271. The van der Waals surface area contributed by atoms with Crippen LogP contribution < -0.4 is 0 Å². The fraction of sp³-hybridized carbons (Fsp3) is 0.852. The van der Waals surface area contributed by atoms with Gasteiger partial charge in [-0.3, -0.25) is 19.2 Å². The molecule has 0 N–H and O–H groups in total. The SMILES string of the molecule is CC(=O)O[C@H]1CC[C@@]2(C)C(CC[C@@H]3[C@@H]2[C@H](OC(C)=O)[C@H](OC(C)=O)[C@]2(C)[C@@H](C(C)=O)CC[C@@H]32)C1. The molecule has 4 aliphatic carbocycles. The summed E-state index contributed by atoms with van der Waals surface area (Å²) >= 11 is 0. The number of Topliss-reactive ketones (excluding diaryl/α,β-unsaturated/α-hetero) is 1. The van der Waals surface area contributed by atoms with E-state index in [0.29, 0.717) is 5.92 Å². The van der Waals surface area contributed by atoms with Gasteiger partial charge in [0.25, 0.3) is 0 Å². The lowest BCUT2D eigenvalue weighted by atomic mass is 9.43. The van der Waals surface area contributed by atoms with Crippen molar-refractivity contribution in [2.24, 2.45) is 40.4 Å². The highest BCUT2D eigenvalue weighted by molar-refractivity contribution is 5.80. The number of hydrogen-bond acceptors (Lipinski definition) is 7. The van der Waals surface area contributed by atoms with Crippen LogP contribution in [0.4, 0.5) is 0 Å². The first-order valence-electron chi connectivity index (χ1n) is 12.9. The largest absolute Gasteiger partial charge is 0.463 e. The van der Waals surface area contributed by atoms with Gasteiger partial charge in [0.05, 0.1) is 0 Å². The molecule has 4 saturated carbocycles. The summed E-state index contributed by atoms with van der Waals surface area (Å²) in [6.07, 6.45) is 4.82. The first-order valence-corrected chi connectivity index (χ1v) is 12.9. The van der Waals surface area contributed by atoms with Gasteiger partial charge in [0.15, 0.2) is 0 Å². The van der Waals surface area contributed by atoms with E-state index in [1.165, 1.54) is 20.8 Å². The molecule has 34 heavy (non-hydrogen) atoms. The summed E-state index contributed by atoms with van der Waals surface area (Å²) in [5.41, 5.74) is -0.690. The molecule has 0 amide bonds. The highest BCUT2D eigenvalue weighted by Gasteiger charge is 2.69. The zero-order chi connectivity index (χ0) is 25.0. The third-order valence-electron chi connectivity index (χ3n) is 10.1. The molecule has 7 nitrogen and oxygen atoms in total. The Kier molecular flexibility index (Phi) is 6.62. The molecule has 10 atom stereocenters. The predicted molar refractivity (Wildman–Crippen MR) is 123 cm³/mol. The maximum absolute atomic E-state index is 12.8. The summed E-state index contributed by atoms with van der Waals surface area (Å²) in [5, 5.41) is 0. The number of fused-ring (bicyclic) bond motifs is 5. The number of rotatable bonds is 4. The Morgan fingerprint density at radius 1 is 0.765 bits per heavy atom. The molecule has 1 unspecified atom stereocenters. The number of carbonyl (C=O) groups excluding carboxylic acids is 4. The maximum Gasteiger partial charge on any atom is 0.303 e. The highest BCUT2D eigenvalue weighted by Crippen LogP contribution is 2.68. The van der Waals surface area contributed by atoms with Crippen LogP contribution in [0.3, 0.4) is 0 Å². The summed E-state index contributed by atoms with van der Waals surface area (Å²) in [6.45, 7) is 10.3. The molecule has 0 bridgehead atoms. The minimum Gasteiger partial charge on any atom is -0.463 e. The third kappa shape index (κ3) is 3.97. The van der Waals surface area contributed by atoms with Crippen LogP contribution in [0.5, 0.6) is 0 Å². The topological polar surface area (TPSA) is 96.0 Å². The van der Waals surface area contributed by atoms with Crippen molar-refractivity contribution in [2.45, 2.75) is 105 Å². The molecule has 0 aliphatic heterocycles. The molecule has 0 saturated heterocycles. The Labute approximate surface area is 202 Å². The van der Waals surface area contributed by atoms with E-state index in [1.807, 2.05) is 0 Å². The van der Waals surface area contributed by atoms with Gasteiger partial charge in [0.1, 0.15) is 24.1 Å². The first kappa shape index (κ1) is 25.2. The van der Waals surface area contributed by atoms with Gasteiger partial charge in [-0.2, -0.15) is 0 Å². The van der Waals surface area contributed by atoms with Gasteiger partial charge in [-0.25, -0.2) is 0 Å². The number of ether oxygens (including phenoxy) is 3. The highest BCUT2D eigenvalue weighted by atomic mass is 16.6. The molecule has 190 valence electrons. The van der Waals surface area contributed by atoms with E-state index in [0.717, 1.165) is 44.9 Å². The second-order valence-corrected chi connectivity index (χ2v) is 11.8. The smallest absolute Gasteiger partial charge is 0.303 e. The molecule has 0 radical (unpaired) electrons. The van der Waals surface area contributed by atoms with Gasteiger partial charge in [0, 0.05) is 38.0 Å². The molecule has 4 rings (SSSR count). The number of carbonyl (C=O) groups is 4. The van der Waals surface area contributed by atoms with Crippen molar-refractivity contribution in [3.05, 3.63) is 0 Å². The van der Waals surface area contributed by atoms with Crippen molar-refractivity contribution in [2.75, 3.05) is 0 Å². The Bertz CT molecular complexity index is 867. The molecular weight excluding hydrogens is 436 g/mol. The number of hydrogen-bond donors (Lipinski definition) is 0. The molecule has 4 fully saturated rings. The minimum atomic E-state index is -0.654. The number of esters is 3. The molecule has 0 spiro atoms. The molecule has 7 heteroatoms. The lowest BCUT2D eigenvalue weighted by Crippen LogP contribution is -2.67. The molecule has 0 aromatic heterocycles. The van der Waals surface area contributed by atoms with Crippen molar-refractivity contribution < 1.29 is 33.4 Å².